The SMILES string of the molecule is COc1ccc(CNC(=O)COC(=O)[C@H]2CCCO2)cc1. The first-order chi connectivity index (χ1) is 10.2. The molecule has 21 heavy (non-hydrogen) atoms. The van der Waals surface area contributed by atoms with Crippen molar-refractivity contribution in [1.82, 2.24) is 5.32 Å². The van der Waals surface area contributed by atoms with Crippen LogP contribution >= 0.6 is 0 Å². The molecule has 6 nitrogen and oxygen atoms in total. The van der Waals surface area contributed by atoms with Crippen molar-refractivity contribution in [3.05, 3.63) is 29.8 Å². The fraction of sp³-hybridized carbons (Fsp3) is 0.467. The maximum atomic E-state index is 11.6. The van der Waals surface area contributed by atoms with E-state index in [0.717, 1.165) is 17.7 Å². The highest BCUT2D eigenvalue weighted by molar-refractivity contribution is 5.82. The molecule has 0 radical (unpaired) electrons. The Balaban J connectivity index is 1.67. The number of hydrogen-bond donors (Lipinski definition) is 1. The van der Waals surface area contributed by atoms with Crippen molar-refractivity contribution in [2.24, 2.45) is 0 Å². The third-order valence-electron chi connectivity index (χ3n) is 3.19. The van der Waals surface area contributed by atoms with E-state index in [4.69, 9.17) is 14.2 Å². The van der Waals surface area contributed by atoms with Gasteiger partial charge in [0, 0.05) is 13.2 Å². The second-order valence-electron chi connectivity index (χ2n) is 4.73. The van der Waals surface area contributed by atoms with Gasteiger partial charge in [0.1, 0.15) is 5.75 Å². The van der Waals surface area contributed by atoms with Gasteiger partial charge in [-0.25, -0.2) is 4.79 Å². The molecule has 114 valence electrons. The van der Waals surface area contributed by atoms with E-state index in [9.17, 15) is 9.59 Å². The van der Waals surface area contributed by atoms with Gasteiger partial charge in [0.25, 0.3) is 5.91 Å². The molecule has 6 heteroatoms. The summed E-state index contributed by atoms with van der Waals surface area (Å²) in [7, 11) is 1.60. The molecular weight excluding hydrogens is 274 g/mol. The molecule has 1 aliphatic heterocycles. The number of ether oxygens (including phenoxy) is 3. The smallest absolute Gasteiger partial charge is 0.335 e. The summed E-state index contributed by atoms with van der Waals surface area (Å²) in [6.45, 7) is 0.665. The van der Waals surface area contributed by atoms with Gasteiger partial charge in [-0.3, -0.25) is 4.79 Å². The van der Waals surface area contributed by atoms with Gasteiger partial charge in [-0.2, -0.15) is 0 Å². The molecule has 0 bridgehead atoms. The number of amides is 1. The quantitative estimate of drug-likeness (QED) is 0.793. The number of rotatable bonds is 6. The summed E-state index contributed by atoms with van der Waals surface area (Å²) in [5.41, 5.74) is 0.939. The van der Waals surface area contributed by atoms with Crippen LogP contribution in [0.4, 0.5) is 0 Å². The lowest BCUT2D eigenvalue weighted by Crippen LogP contribution is -2.31. The molecule has 1 saturated heterocycles. The second kappa shape index (κ2) is 7.64. The molecule has 0 unspecified atom stereocenters. The molecule has 0 aliphatic carbocycles. The van der Waals surface area contributed by atoms with E-state index in [1.54, 1.807) is 7.11 Å². The van der Waals surface area contributed by atoms with Crippen LogP contribution in [-0.2, 0) is 25.6 Å². The molecule has 2 rings (SSSR count). The van der Waals surface area contributed by atoms with Crippen molar-refractivity contribution in [2.45, 2.75) is 25.5 Å². The van der Waals surface area contributed by atoms with E-state index < -0.39 is 12.1 Å². The predicted octanol–water partition coefficient (Wildman–Crippen LogP) is 1.03. The molecule has 1 fully saturated rings. The molecule has 1 N–H and O–H groups in total. The molecule has 1 heterocycles. The van der Waals surface area contributed by atoms with Crippen LogP contribution in [-0.4, -0.2) is 38.3 Å². The number of carbonyl (C=O) groups excluding carboxylic acids is 2. The molecule has 1 atom stereocenters. The van der Waals surface area contributed by atoms with Gasteiger partial charge in [-0.05, 0) is 30.5 Å². The molecule has 1 amide bonds. The predicted molar refractivity (Wildman–Crippen MR) is 74.8 cm³/mol. The number of benzene rings is 1. The van der Waals surface area contributed by atoms with Crippen LogP contribution < -0.4 is 10.1 Å². The van der Waals surface area contributed by atoms with E-state index in [1.807, 2.05) is 24.3 Å². The van der Waals surface area contributed by atoms with Gasteiger partial charge < -0.3 is 19.5 Å². The van der Waals surface area contributed by atoms with Crippen molar-refractivity contribution in [2.75, 3.05) is 20.3 Å². The van der Waals surface area contributed by atoms with Gasteiger partial charge in [0.15, 0.2) is 12.7 Å². The Morgan fingerprint density at radius 3 is 2.71 bits per heavy atom. The van der Waals surface area contributed by atoms with Crippen molar-refractivity contribution in [3.63, 3.8) is 0 Å². The van der Waals surface area contributed by atoms with Crippen LogP contribution in [0.1, 0.15) is 18.4 Å². The molecular formula is C15H19NO5. The minimum atomic E-state index is -0.514. The van der Waals surface area contributed by atoms with Crippen LogP contribution in [0.2, 0.25) is 0 Å². The van der Waals surface area contributed by atoms with Crippen LogP contribution in [0.15, 0.2) is 24.3 Å². The molecule has 1 aliphatic rings. The van der Waals surface area contributed by atoms with Gasteiger partial charge in [-0.1, -0.05) is 12.1 Å². The average molecular weight is 293 g/mol. The monoisotopic (exact) mass is 293 g/mol. The summed E-state index contributed by atoms with van der Waals surface area (Å²) in [5, 5.41) is 2.68. The van der Waals surface area contributed by atoms with Gasteiger partial charge in [0.2, 0.25) is 0 Å². The van der Waals surface area contributed by atoms with E-state index >= 15 is 0 Å². The Bertz CT molecular complexity index is 479. The molecule has 1 aromatic rings. The lowest BCUT2D eigenvalue weighted by Gasteiger charge is -2.10. The van der Waals surface area contributed by atoms with Crippen molar-refractivity contribution >= 4 is 11.9 Å². The number of methoxy groups -OCH3 is 1. The lowest BCUT2D eigenvalue weighted by atomic mass is 10.2. The van der Waals surface area contributed by atoms with Crippen molar-refractivity contribution in [1.29, 1.82) is 0 Å². The zero-order valence-corrected chi connectivity index (χ0v) is 12.0. The van der Waals surface area contributed by atoms with E-state index in [-0.39, 0.29) is 12.5 Å². The van der Waals surface area contributed by atoms with Gasteiger partial charge in [-0.15, -0.1) is 0 Å². The Morgan fingerprint density at radius 1 is 1.33 bits per heavy atom. The first-order valence-electron chi connectivity index (χ1n) is 6.87. The fourth-order valence-corrected chi connectivity index (χ4v) is 1.99. The lowest BCUT2D eigenvalue weighted by molar-refractivity contribution is -0.157. The first-order valence-corrected chi connectivity index (χ1v) is 6.87. The van der Waals surface area contributed by atoms with Crippen LogP contribution in [0.3, 0.4) is 0 Å². The fourth-order valence-electron chi connectivity index (χ4n) is 1.99. The third kappa shape index (κ3) is 4.75. The summed E-state index contributed by atoms with van der Waals surface area (Å²) in [4.78, 5) is 23.2. The Labute approximate surface area is 123 Å². The average Bonchev–Trinajstić information content (AvgIpc) is 3.05. The summed E-state index contributed by atoms with van der Waals surface area (Å²) < 4.78 is 15.1. The maximum Gasteiger partial charge on any atom is 0.335 e. The molecule has 1 aromatic carbocycles. The van der Waals surface area contributed by atoms with Crippen molar-refractivity contribution in [3.8, 4) is 5.75 Å². The number of esters is 1. The highest BCUT2D eigenvalue weighted by Crippen LogP contribution is 2.13. The van der Waals surface area contributed by atoms with E-state index in [0.29, 0.717) is 19.6 Å². The first kappa shape index (κ1) is 15.3. The standard InChI is InChI=1S/C15H19NO5/c1-19-12-6-4-11(5-7-12)9-16-14(17)10-21-15(18)13-3-2-8-20-13/h4-7,13H,2-3,8-10H2,1H3,(H,16,17)/t13-/m1/s1. The van der Waals surface area contributed by atoms with Crippen LogP contribution in [0, 0.1) is 0 Å². The summed E-state index contributed by atoms with van der Waals surface area (Å²) >= 11 is 0. The summed E-state index contributed by atoms with van der Waals surface area (Å²) in [6.07, 6.45) is 0.995. The Kier molecular flexibility index (Phi) is 5.57. The Hall–Kier alpha value is -2.08. The number of nitrogens with one attached hydrogen (secondary N) is 1. The zero-order chi connectivity index (χ0) is 15.1. The van der Waals surface area contributed by atoms with Crippen molar-refractivity contribution < 1.29 is 23.8 Å². The number of carbonyl (C=O) groups is 2. The maximum absolute atomic E-state index is 11.6. The Morgan fingerprint density at radius 2 is 2.10 bits per heavy atom. The number of hydrogen-bond acceptors (Lipinski definition) is 5. The highest BCUT2D eigenvalue weighted by atomic mass is 16.6. The van der Waals surface area contributed by atoms with Crippen LogP contribution in [0.25, 0.3) is 0 Å². The second-order valence-corrected chi connectivity index (χ2v) is 4.73. The van der Waals surface area contributed by atoms with Crippen LogP contribution in [0.5, 0.6) is 5.75 Å². The third-order valence-corrected chi connectivity index (χ3v) is 3.19. The van der Waals surface area contributed by atoms with Gasteiger partial charge >= 0.3 is 5.97 Å². The minimum absolute atomic E-state index is 0.283. The largest absolute Gasteiger partial charge is 0.497 e. The molecule has 0 spiro atoms. The molecule has 0 saturated carbocycles. The normalized spacial score (nSPS) is 17.3. The minimum Gasteiger partial charge on any atom is -0.497 e. The topological polar surface area (TPSA) is 73.9 Å². The van der Waals surface area contributed by atoms with E-state index in [2.05, 4.69) is 5.32 Å². The summed E-state index contributed by atoms with van der Waals surface area (Å²) in [6, 6.07) is 7.35. The zero-order valence-electron chi connectivity index (χ0n) is 12.0. The highest BCUT2D eigenvalue weighted by Gasteiger charge is 2.25. The van der Waals surface area contributed by atoms with Gasteiger partial charge in [0.05, 0.1) is 7.11 Å². The molecule has 0 aromatic heterocycles. The van der Waals surface area contributed by atoms with E-state index in [1.165, 1.54) is 0 Å². The summed E-state index contributed by atoms with van der Waals surface area (Å²) in [5.74, 6) is -0.0418.